The van der Waals surface area contributed by atoms with Crippen LogP contribution in [0.3, 0.4) is 0 Å². The predicted octanol–water partition coefficient (Wildman–Crippen LogP) is 5.09. The molecule has 0 aromatic heterocycles. The van der Waals surface area contributed by atoms with E-state index in [1.807, 2.05) is 49.4 Å². The highest BCUT2D eigenvalue weighted by molar-refractivity contribution is 6.35. The van der Waals surface area contributed by atoms with Gasteiger partial charge in [0.25, 0.3) is 0 Å². The van der Waals surface area contributed by atoms with Gasteiger partial charge in [-0.05, 0) is 56.1 Å². The maximum absolute atomic E-state index is 12.8. The van der Waals surface area contributed by atoms with Gasteiger partial charge in [-0.15, -0.1) is 0 Å². The first-order valence-corrected chi connectivity index (χ1v) is 10.3. The Morgan fingerprint density at radius 3 is 2.54 bits per heavy atom. The lowest BCUT2D eigenvalue weighted by Gasteiger charge is -2.33. The Hall–Kier alpha value is -1.75. The van der Waals surface area contributed by atoms with Gasteiger partial charge < -0.3 is 10.1 Å². The van der Waals surface area contributed by atoms with Crippen molar-refractivity contribution in [3.8, 4) is 5.75 Å². The van der Waals surface area contributed by atoms with E-state index in [-0.39, 0.29) is 17.9 Å². The monoisotopic (exact) mass is 420 g/mol. The third-order valence-corrected chi connectivity index (χ3v) is 6.00. The molecular formula is C22H26Cl2N2O2. The SMILES string of the molecule is COc1ccc([C@@H](C)NC(=O)[C@@H]2CCCN(Cc3c(Cl)cccc3Cl)C2)cc1. The summed E-state index contributed by atoms with van der Waals surface area (Å²) in [4.78, 5) is 15.1. The van der Waals surface area contributed by atoms with E-state index in [2.05, 4.69) is 10.2 Å². The lowest BCUT2D eigenvalue weighted by atomic mass is 9.96. The minimum atomic E-state index is -0.0493. The molecule has 1 fully saturated rings. The number of nitrogens with zero attached hydrogens (tertiary/aromatic N) is 1. The number of carbonyl (C=O) groups excluding carboxylic acids is 1. The Balaban J connectivity index is 1.59. The van der Waals surface area contributed by atoms with Gasteiger partial charge in [-0.2, -0.15) is 0 Å². The number of halogens is 2. The number of hydrogen-bond donors (Lipinski definition) is 1. The van der Waals surface area contributed by atoms with Crippen LogP contribution in [0.15, 0.2) is 42.5 Å². The Labute approximate surface area is 176 Å². The van der Waals surface area contributed by atoms with E-state index in [9.17, 15) is 4.79 Å². The molecule has 0 saturated carbocycles. The van der Waals surface area contributed by atoms with Gasteiger partial charge in [0.05, 0.1) is 19.1 Å². The third-order valence-electron chi connectivity index (χ3n) is 5.29. The first-order chi connectivity index (χ1) is 13.5. The standard InChI is InChI=1S/C22H26Cl2N2O2/c1-15(16-8-10-18(28-2)11-9-16)25-22(27)17-5-4-12-26(13-17)14-19-20(23)6-3-7-21(19)24/h3,6-11,15,17H,4-5,12-14H2,1-2H3,(H,25,27)/t15-,17-/m1/s1. The number of amides is 1. The van der Waals surface area contributed by atoms with Crippen LogP contribution in [-0.2, 0) is 11.3 Å². The fraction of sp³-hybridized carbons (Fsp3) is 0.409. The van der Waals surface area contributed by atoms with Crippen molar-refractivity contribution in [3.63, 3.8) is 0 Å². The zero-order chi connectivity index (χ0) is 20.1. The van der Waals surface area contributed by atoms with Crippen molar-refractivity contribution in [3.05, 3.63) is 63.6 Å². The second-order valence-corrected chi connectivity index (χ2v) is 8.09. The Bertz CT molecular complexity index is 790. The highest BCUT2D eigenvalue weighted by Gasteiger charge is 2.27. The quantitative estimate of drug-likeness (QED) is 0.707. The molecule has 1 aliphatic rings. The normalized spacial score (nSPS) is 18.5. The molecule has 2 aromatic rings. The number of ether oxygens (including phenoxy) is 1. The lowest BCUT2D eigenvalue weighted by molar-refractivity contribution is -0.127. The van der Waals surface area contributed by atoms with Gasteiger partial charge in [-0.25, -0.2) is 0 Å². The number of carbonyl (C=O) groups is 1. The summed E-state index contributed by atoms with van der Waals surface area (Å²) in [6.45, 7) is 4.32. The Morgan fingerprint density at radius 1 is 1.21 bits per heavy atom. The predicted molar refractivity (Wildman–Crippen MR) is 114 cm³/mol. The molecule has 3 rings (SSSR count). The largest absolute Gasteiger partial charge is 0.497 e. The van der Waals surface area contributed by atoms with E-state index in [4.69, 9.17) is 27.9 Å². The van der Waals surface area contributed by atoms with E-state index >= 15 is 0 Å². The molecule has 2 aromatic carbocycles. The summed E-state index contributed by atoms with van der Waals surface area (Å²) in [6, 6.07) is 13.3. The van der Waals surface area contributed by atoms with Crippen molar-refractivity contribution in [2.24, 2.45) is 5.92 Å². The fourth-order valence-corrected chi connectivity index (χ4v) is 4.14. The van der Waals surface area contributed by atoms with Crippen molar-refractivity contribution < 1.29 is 9.53 Å². The number of methoxy groups -OCH3 is 1. The summed E-state index contributed by atoms with van der Waals surface area (Å²) >= 11 is 12.6. The molecule has 0 unspecified atom stereocenters. The highest BCUT2D eigenvalue weighted by Crippen LogP contribution is 2.28. The van der Waals surface area contributed by atoms with Crippen LogP contribution in [0.25, 0.3) is 0 Å². The van der Waals surface area contributed by atoms with Crippen LogP contribution >= 0.6 is 23.2 Å². The molecule has 6 heteroatoms. The summed E-state index contributed by atoms with van der Waals surface area (Å²) in [5, 5.41) is 4.50. The number of likely N-dealkylation sites (tertiary alicyclic amines) is 1. The first-order valence-electron chi connectivity index (χ1n) is 9.57. The summed E-state index contributed by atoms with van der Waals surface area (Å²) in [5.74, 6) is 0.873. The molecule has 0 bridgehead atoms. The van der Waals surface area contributed by atoms with E-state index in [0.29, 0.717) is 23.1 Å². The van der Waals surface area contributed by atoms with Crippen LogP contribution in [-0.4, -0.2) is 31.0 Å². The third kappa shape index (κ3) is 5.19. The van der Waals surface area contributed by atoms with E-state index < -0.39 is 0 Å². The van der Waals surface area contributed by atoms with Crippen LogP contribution in [0.1, 0.15) is 36.9 Å². The molecule has 150 valence electrons. The number of hydrogen-bond acceptors (Lipinski definition) is 3. The van der Waals surface area contributed by atoms with Crippen molar-refractivity contribution in [2.45, 2.75) is 32.4 Å². The minimum absolute atomic E-state index is 0.0317. The first kappa shape index (κ1) is 21.0. The molecule has 1 heterocycles. The van der Waals surface area contributed by atoms with Gasteiger partial charge in [0.1, 0.15) is 5.75 Å². The highest BCUT2D eigenvalue weighted by atomic mass is 35.5. The molecule has 1 saturated heterocycles. The van der Waals surface area contributed by atoms with Crippen LogP contribution in [0, 0.1) is 5.92 Å². The molecule has 28 heavy (non-hydrogen) atoms. The van der Waals surface area contributed by atoms with Crippen molar-refractivity contribution in [1.82, 2.24) is 10.2 Å². The maximum atomic E-state index is 12.8. The molecule has 0 spiro atoms. The molecule has 1 amide bonds. The van der Waals surface area contributed by atoms with Crippen molar-refractivity contribution in [1.29, 1.82) is 0 Å². The molecular weight excluding hydrogens is 395 g/mol. The fourth-order valence-electron chi connectivity index (χ4n) is 3.63. The van der Waals surface area contributed by atoms with Crippen LogP contribution in [0.4, 0.5) is 0 Å². The number of rotatable bonds is 6. The summed E-state index contributed by atoms with van der Waals surface area (Å²) in [6.07, 6.45) is 1.88. The van der Waals surface area contributed by atoms with E-state index in [1.165, 1.54) is 0 Å². The van der Waals surface area contributed by atoms with E-state index in [0.717, 1.165) is 36.3 Å². The molecule has 2 atom stereocenters. The second-order valence-electron chi connectivity index (χ2n) is 7.28. The van der Waals surface area contributed by atoms with Gasteiger partial charge in [-0.1, -0.05) is 41.4 Å². The lowest BCUT2D eigenvalue weighted by Crippen LogP contribution is -2.43. The molecule has 0 aliphatic carbocycles. The number of nitrogens with one attached hydrogen (secondary N) is 1. The molecule has 0 radical (unpaired) electrons. The van der Waals surface area contributed by atoms with Gasteiger partial charge in [0.15, 0.2) is 0 Å². The van der Waals surface area contributed by atoms with E-state index in [1.54, 1.807) is 7.11 Å². The van der Waals surface area contributed by atoms with Crippen LogP contribution in [0.5, 0.6) is 5.75 Å². The summed E-state index contributed by atoms with van der Waals surface area (Å²) in [5.41, 5.74) is 1.99. The summed E-state index contributed by atoms with van der Waals surface area (Å²) in [7, 11) is 1.64. The van der Waals surface area contributed by atoms with Crippen LogP contribution in [0.2, 0.25) is 10.0 Å². The van der Waals surface area contributed by atoms with Gasteiger partial charge in [-0.3, -0.25) is 9.69 Å². The minimum Gasteiger partial charge on any atom is -0.497 e. The average Bonchev–Trinajstić information content (AvgIpc) is 2.71. The van der Waals surface area contributed by atoms with Crippen molar-refractivity contribution >= 4 is 29.1 Å². The van der Waals surface area contributed by atoms with Crippen molar-refractivity contribution in [2.75, 3.05) is 20.2 Å². The van der Waals surface area contributed by atoms with Crippen LogP contribution < -0.4 is 10.1 Å². The molecule has 1 aliphatic heterocycles. The Morgan fingerprint density at radius 2 is 1.89 bits per heavy atom. The summed E-state index contributed by atoms with van der Waals surface area (Å²) < 4.78 is 5.19. The average molecular weight is 421 g/mol. The number of piperidine rings is 1. The Kier molecular flexibility index (Phi) is 7.22. The topological polar surface area (TPSA) is 41.6 Å². The number of benzene rings is 2. The van der Waals surface area contributed by atoms with Gasteiger partial charge >= 0.3 is 0 Å². The van der Waals surface area contributed by atoms with Gasteiger partial charge in [0.2, 0.25) is 5.91 Å². The second kappa shape index (κ2) is 9.64. The molecule has 1 N–H and O–H groups in total. The maximum Gasteiger partial charge on any atom is 0.224 e. The van der Waals surface area contributed by atoms with Gasteiger partial charge in [0, 0.05) is 28.7 Å². The smallest absolute Gasteiger partial charge is 0.224 e. The zero-order valence-corrected chi connectivity index (χ0v) is 17.8. The zero-order valence-electron chi connectivity index (χ0n) is 16.3. The molecule has 4 nitrogen and oxygen atoms in total.